The number of carbonyl (C=O) groups is 1. The summed E-state index contributed by atoms with van der Waals surface area (Å²) in [6, 6.07) is 16.1. The molecule has 0 bridgehead atoms. The Bertz CT molecular complexity index is 737. The highest BCUT2D eigenvalue weighted by molar-refractivity contribution is 6.12. The summed E-state index contributed by atoms with van der Waals surface area (Å²) in [6.07, 6.45) is 2.69. The van der Waals surface area contributed by atoms with Crippen LogP contribution in [0.15, 0.2) is 67.3 Å². The number of nitrogen functional groups attached to an aromatic ring is 1. The maximum Gasteiger partial charge on any atom is 0.267 e. The molecule has 3 rings (SSSR count). The third-order valence-electron chi connectivity index (χ3n) is 3.09. The normalized spacial score (nSPS) is 10.2. The highest BCUT2D eigenvalue weighted by Gasteiger charge is 2.23. The van der Waals surface area contributed by atoms with Gasteiger partial charge in [0.05, 0.1) is 11.3 Å². The van der Waals surface area contributed by atoms with Gasteiger partial charge in [0, 0.05) is 5.69 Å². The fraction of sp³-hybridized carbons (Fsp3) is 0. The van der Waals surface area contributed by atoms with Crippen LogP contribution < -0.4 is 10.6 Å². The molecule has 0 atom stereocenters. The Morgan fingerprint density at radius 3 is 2.23 bits per heavy atom. The fourth-order valence-corrected chi connectivity index (χ4v) is 2.06. The molecular weight excluding hydrogens is 278 g/mol. The highest BCUT2D eigenvalue weighted by atomic mass is 16.2. The predicted octanol–water partition coefficient (Wildman–Crippen LogP) is 2.43. The molecule has 0 aliphatic rings. The van der Waals surface area contributed by atoms with Crippen LogP contribution in [0.25, 0.3) is 0 Å². The second-order valence-electron chi connectivity index (χ2n) is 4.50. The number of nitrogens with zero attached hydrogens (tertiary/aromatic N) is 4. The average Bonchev–Trinajstić information content (AvgIpc) is 2.57. The van der Waals surface area contributed by atoms with Gasteiger partial charge < -0.3 is 5.73 Å². The zero-order chi connectivity index (χ0) is 15.4. The quantitative estimate of drug-likeness (QED) is 0.749. The molecule has 3 aromatic rings. The van der Waals surface area contributed by atoms with Gasteiger partial charge in [0.15, 0.2) is 0 Å². The van der Waals surface area contributed by atoms with Crippen molar-refractivity contribution < 1.29 is 4.79 Å². The number of hydrogen-bond acceptors (Lipinski definition) is 5. The number of para-hydroxylation sites is 2. The first-order valence-electron chi connectivity index (χ1n) is 6.63. The molecule has 0 spiro atoms. The number of hydrogen-bond donors (Lipinski definition) is 1. The summed E-state index contributed by atoms with van der Waals surface area (Å²) in [5.74, 6) is -0.0510. The Morgan fingerprint density at radius 2 is 1.55 bits per heavy atom. The summed E-state index contributed by atoms with van der Waals surface area (Å²) in [7, 11) is 0. The largest absolute Gasteiger partial charge is 0.398 e. The van der Waals surface area contributed by atoms with Crippen LogP contribution in [-0.4, -0.2) is 20.9 Å². The fourth-order valence-electron chi connectivity index (χ4n) is 2.06. The molecule has 0 radical (unpaired) electrons. The summed E-state index contributed by atoms with van der Waals surface area (Å²) < 4.78 is 0. The van der Waals surface area contributed by atoms with E-state index in [1.807, 2.05) is 18.2 Å². The van der Waals surface area contributed by atoms with E-state index in [1.165, 1.54) is 17.6 Å². The van der Waals surface area contributed by atoms with Gasteiger partial charge in [-0.15, -0.1) is 0 Å². The molecule has 0 unspecified atom stereocenters. The maximum absolute atomic E-state index is 12.9. The van der Waals surface area contributed by atoms with E-state index in [0.29, 0.717) is 16.9 Å². The third-order valence-corrected chi connectivity index (χ3v) is 3.09. The summed E-state index contributed by atoms with van der Waals surface area (Å²) in [4.78, 5) is 26.3. The topological polar surface area (TPSA) is 85.0 Å². The second kappa shape index (κ2) is 6.01. The van der Waals surface area contributed by atoms with E-state index in [0.717, 1.165) is 0 Å². The summed E-state index contributed by atoms with van der Waals surface area (Å²) in [5, 5.41) is 0. The maximum atomic E-state index is 12.9. The van der Waals surface area contributed by atoms with Crippen molar-refractivity contribution in [1.29, 1.82) is 0 Å². The van der Waals surface area contributed by atoms with Crippen LogP contribution in [0, 0.1) is 0 Å². The summed E-state index contributed by atoms with van der Waals surface area (Å²) >= 11 is 0. The lowest BCUT2D eigenvalue weighted by atomic mass is 10.1. The van der Waals surface area contributed by atoms with E-state index >= 15 is 0 Å². The molecule has 0 aliphatic carbocycles. The second-order valence-corrected chi connectivity index (χ2v) is 4.50. The van der Waals surface area contributed by atoms with Gasteiger partial charge >= 0.3 is 0 Å². The third kappa shape index (κ3) is 2.62. The molecular formula is C16H13N5O. The molecule has 2 N–H and O–H groups in total. The molecule has 0 aliphatic heterocycles. The predicted molar refractivity (Wildman–Crippen MR) is 83.6 cm³/mol. The Balaban J connectivity index is 2.11. The van der Waals surface area contributed by atoms with Crippen molar-refractivity contribution in [2.45, 2.75) is 0 Å². The number of aromatic nitrogens is 3. The molecule has 1 heterocycles. The minimum Gasteiger partial charge on any atom is -0.398 e. The van der Waals surface area contributed by atoms with Crippen LogP contribution in [0.2, 0.25) is 0 Å². The van der Waals surface area contributed by atoms with Crippen molar-refractivity contribution in [3.8, 4) is 0 Å². The van der Waals surface area contributed by atoms with E-state index in [4.69, 9.17) is 5.73 Å². The van der Waals surface area contributed by atoms with Crippen LogP contribution in [0.5, 0.6) is 0 Å². The van der Waals surface area contributed by atoms with Crippen LogP contribution >= 0.6 is 0 Å². The summed E-state index contributed by atoms with van der Waals surface area (Å²) in [5.41, 5.74) is 7.37. The van der Waals surface area contributed by atoms with Crippen molar-refractivity contribution in [3.05, 3.63) is 72.8 Å². The van der Waals surface area contributed by atoms with Crippen molar-refractivity contribution >= 4 is 23.2 Å². The molecule has 6 nitrogen and oxygen atoms in total. The first kappa shape index (κ1) is 13.7. The van der Waals surface area contributed by atoms with Crippen molar-refractivity contribution in [1.82, 2.24) is 15.0 Å². The molecule has 0 fully saturated rings. The molecule has 108 valence electrons. The number of carbonyl (C=O) groups excluding carboxylic acids is 1. The Morgan fingerprint density at radius 1 is 0.909 bits per heavy atom. The average molecular weight is 291 g/mol. The number of benzene rings is 2. The number of amides is 1. The molecule has 0 saturated carbocycles. The zero-order valence-corrected chi connectivity index (χ0v) is 11.6. The number of nitrogens with two attached hydrogens (primary N) is 1. The van der Waals surface area contributed by atoms with E-state index in [1.54, 1.807) is 36.4 Å². The van der Waals surface area contributed by atoms with E-state index in [-0.39, 0.29) is 11.9 Å². The molecule has 1 aromatic heterocycles. The van der Waals surface area contributed by atoms with Gasteiger partial charge in [0.25, 0.3) is 5.91 Å². The van der Waals surface area contributed by atoms with Gasteiger partial charge in [-0.05, 0) is 24.3 Å². The van der Waals surface area contributed by atoms with Gasteiger partial charge in [0.1, 0.15) is 12.7 Å². The van der Waals surface area contributed by atoms with E-state index in [2.05, 4.69) is 15.0 Å². The standard InChI is InChI=1S/C16H13N5O/c17-14-9-5-4-8-13(14)15(22)21(12-6-2-1-3-7-12)16-19-10-18-11-20-16/h1-11H,17H2. The Labute approximate surface area is 127 Å². The van der Waals surface area contributed by atoms with Crippen molar-refractivity contribution in [3.63, 3.8) is 0 Å². The minimum absolute atomic E-state index is 0.245. The lowest BCUT2D eigenvalue weighted by molar-refractivity contribution is 0.0998. The molecule has 2 aromatic carbocycles. The Kier molecular flexibility index (Phi) is 3.74. The van der Waals surface area contributed by atoms with Crippen LogP contribution in [0.4, 0.5) is 17.3 Å². The molecule has 1 amide bonds. The van der Waals surface area contributed by atoms with E-state index in [9.17, 15) is 4.79 Å². The minimum atomic E-state index is -0.296. The number of anilines is 3. The van der Waals surface area contributed by atoms with Crippen LogP contribution in [-0.2, 0) is 0 Å². The van der Waals surface area contributed by atoms with Gasteiger partial charge in [-0.25, -0.2) is 19.9 Å². The molecule has 22 heavy (non-hydrogen) atoms. The number of rotatable bonds is 3. The van der Waals surface area contributed by atoms with Crippen molar-refractivity contribution in [2.24, 2.45) is 0 Å². The first-order chi connectivity index (χ1) is 10.8. The van der Waals surface area contributed by atoms with Crippen LogP contribution in [0.1, 0.15) is 10.4 Å². The van der Waals surface area contributed by atoms with Crippen LogP contribution in [0.3, 0.4) is 0 Å². The molecule has 6 heteroatoms. The summed E-state index contributed by atoms with van der Waals surface area (Å²) in [6.45, 7) is 0. The molecule has 0 saturated heterocycles. The first-order valence-corrected chi connectivity index (χ1v) is 6.63. The lowest BCUT2D eigenvalue weighted by Gasteiger charge is -2.21. The van der Waals surface area contributed by atoms with Gasteiger partial charge in [-0.2, -0.15) is 0 Å². The SMILES string of the molecule is Nc1ccccc1C(=O)N(c1ccccc1)c1ncncn1. The van der Waals surface area contributed by atoms with Gasteiger partial charge in [-0.3, -0.25) is 4.79 Å². The van der Waals surface area contributed by atoms with Gasteiger partial charge in [0.2, 0.25) is 5.95 Å². The monoisotopic (exact) mass is 291 g/mol. The zero-order valence-electron chi connectivity index (χ0n) is 11.6. The lowest BCUT2D eigenvalue weighted by Crippen LogP contribution is -2.28. The Hall–Kier alpha value is -3.28. The van der Waals surface area contributed by atoms with E-state index < -0.39 is 0 Å². The van der Waals surface area contributed by atoms with Gasteiger partial charge in [-0.1, -0.05) is 30.3 Å². The highest BCUT2D eigenvalue weighted by Crippen LogP contribution is 2.25. The smallest absolute Gasteiger partial charge is 0.267 e. The van der Waals surface area contributed by atoms with Crippen molar-refractivity contribution in [2.75, 3.05) is 10.6 Å².